The molecule has 2 saturated heterocycles. The summed E-state index contributed by atoms with van der Waals surface area (Å²) in [6.07, 6.45) is 11.9. The van der Waals surface area contributed by atoms with E-state index in [0.29, 0.717) is 18.5 Å². The zero-order valence-corrected chi connectivity index (χ0v) is 17.4. The lowest BCUT2D eigenvalue weighted by Gasteiger charge is -2.45. The van der Waals surface area contributed by atoms with Crippen LogP contribution in [0.25, 0.3) is 5.65 Å². The Labute approximate surface area is 173 Å². The van der Waals surface area contributed by atoms with Crippen molar-refractivity contribution >= 4 is 11.6 Å². The van der Waals surface area contributed by atoms with E-state index in [4.69, 9.17) is 4.98 Å². The van der Waals surface area contributed by atoms with E-state index >= 15 is 0 Å². The van der Waals surface area contributed by atoms with E-state index in [1.165, 1.54) is 38.5 Å². The average molecular weight is 396 g/mol. The molecule has 2 aliphatic heterocycles. The van der Waals surface area contributed by atoms with Gasteiger partial charge < -0.3 is 9.30 Å². The fourth-order valence-electron chi connectivity index (χ4n) is 5.61. The standard InChI is InChI=1S/C23H33N5O/c29-23(28-11-5-7-19-6-1-2-8-21(19)28)18-26-14-12-25(13-15-26)16-20-17-27-10-4-3-9-22(27)24-20/h3-4,9-10,17,19,21H,1-2,5-8,11-16,18H2. The van der Waals surface area contributed by atoms with Crippen molar-refractivity contribution in [1.29, 1.82) is 0 Å². The van der Waals surface area contributed by atoms with Gasteiger partial charge in [0.1, 0.15) is 5.65 Å². The van der Waals surface area contributed by atoms with Crippen LogP contribution in [0.2, 0.25) is 0 Å². The first kappa shape index (κ1) is 19.1. The Morgan fingerprint density at radius 1 is 0.966 bits per heavy atom. The molecule has 3 fully saturated rings. The third-order valence-electron chi connectivity index (χ3n) is 7.19. The predicted octanol–water partition coefficient (Wildman–Crippen LogP) is 2.63. The Morgan fingerprint density at radius 2 is 1.76 bits per heavy atom. The van der Waals surface area contributed by atoms with E-state index in [1.807, 2.05) is 24.4 Å². The molecular formula is C23H33N5O. The molecular weight excluding hydrogens is 362 g/mol. The second-order valence-corrected chi connectivity index (χ2v) is 9.09. The van der Waals surface area contributed by atoms with Crippen LogP contribution in [0.5, 0.6) is 0 Å². The number of fused-ring (bicyclic) bond motifs is 2. The number of hydrogen-bond acceptors (Lipinski definition) is 4. The summed E-state index contributed by atoms with van der Waals surface area (Å²) >= 11 is 0. The van der Waals surface area contributed by atoms with Crippen LogP contribution in [0.4, 0.5) is 0 Å². The molecule has 0 radical (unpaired) electrons. The number of imidazole rings is 1. The number of piperidine rings is 1. The van der Waals surface area contributed by atoms with E-state index in [0.717, 1.165) is 56.5 Å². The minimum Gasteiger partial charge on any atom is -0.338 e. The maximum Gasteiger partial charge on any atom is 0.237 e. The van der Waals surface area contributed by atoms with E-state index in [1.54, 1.807) is 0 Å². The first-order valence-corrected chi connectivity index (χ1v) is 11.4. The molecule has 0 spiro atoms. The smallest absolute Gasteiger partial charge is 0.237 e. The summed E-state index contributed by atoms with van der Waals surface area (Å²) in [7, 11) is 0. The van der Waals surface area contributed by atoms with Gasteiger partial charge in [0.05, 0.1) is 12.2 Å². The summed E-state index contributed by atoms with van der Waals surface area (Å²) in [5, 5.41) is 0. The molecule has 0 N–H and O–H groups in total. The molecule has 3 aliphatic rings. The molecule has 0 aromatic carbocycles. The molecule has 2 aromatic heterocycles. The van der Waals surface area contributed by atoms with Crippen LogP contribution in [-0.4, -0.2) is 75.3 Å². The lowest BCUT2D eigenvalue weighted by molar-refractivity contribution is -0.139. The van der Waals surface area contributed by atoms with Gasteiger partial charge in [-0.3, -0.25) is 14.6 Å². The van der Waals surface area contributed by atoms with Crippen molar-refractivity contribution in [2.45, 2.75) is 51.1 Å². The van der Waals surface area contributed by atoms with E-state index in [-0.39, 0.29) is 0 Å². The highest BCUT2D eigenvalue weighted by atomic mass is 16.2. The highest BCUT2D eigenvalue weighted by Gasteiger charge is 2.36. The number of rotatable bonds is 4. The van der Waals surface area contributed by atoms with Gasteiger partial charge >= 0.3 is 0 Å². The van der Waals surface area contributed by atoms with Gasteiger partial charge in [0.25, 0.3) is 0 Å². The minimum atomic E-state index is 0.371. The lowest BCUT2D eigenvalue weighted by atomic mass is 9.78. The van der Waals surface area contributed by atoms with Gasteiger partial charge in [-0.2, -0.15) is 0 Å². The van der Waals surface area contributed by atoms with Crippen molar-refractivity contribution in [2.24, 2.45) is 5.92 Å². The summed E-state index contributed by atoms with van der Waals surface area (Å²) < 4.78 is 2.08. The number of carbonyl (C=O) groups excluding carboxylic acids is 1. The number of pyridine rings is 1. The van der Waals surface area contributed by atoms with Crippen LogP contribution < -0.4 is 0 Å². The molecule has 6 heteroatoms. The fourth-order valence-corrected chi connectivity index (χ4v) is 5.61. The number of hydrogen-bond donors (Lipinski definition) is 0. The maximum absolute atomic E-state index is 13.1. The second-order valence-electron chi connectivity index (χ2n) is 9.09. The van der Waals surface area contributed by atoms with Crippen LogP contribution in [0.15, 0.2) is 30.6 Å². The van der Waals surface area contributed by atoms with Crippen LogP contribution in [-0.2, 0) is 11.3 Å². The van der Waals surface area contributed by atoms with Crippen molar-refractivity contribution < 1.29 is 4.79 Å². The SMILES string of the molecule is O=C(CN1CCN(Cc2cn3ccccc3n2)CC1)N1CCCC2CCCCC21. The van der Waals surface area contributed by atoms with Crippen molar-refractivity contribution in [3.05, 3.63) is 36.3 Å². The van der Waals surface area contributed by atoms with Crippen molar-refractivity contribution in [2.75, 3.05) is 39.3 Å². The van der Waals surface area contributed by atoms with Crippen LogP contribution in [0.1, 0.15) is 44.2 Å². The molecule has 4 heterocycles. The molecule has 1 amide bonds. The van der Waals surface area contributed by atoms with Crippen LogP contribution >= 0.6 is 0 Å². The molecule has 29 heavy (non-hydrogen) atoms. The molecule has 2 aromatic rings. The fraction of sp³-hybridized carbons (Fsp3) is 0.652. The quantitative estimate of drug-likeness (QED) is 0.798. The summed E-state index contributed by atoms with van der Waals surface area (Å²) in [6, 6.07) is 6.64. The largest absolute Gasteiger partial charge is 0.338 e. The van der Waals surface area contributed by atoms with Gasteiger partial charge in [-0.15, -0.1) is 0 Å². The van der Waals surface area contributed by atoms with Gasteiger partial charge in [-0.05, 0) is 43.7 Å². The average Bonchev–Trinajstić information content (AvgIpc) is 3.17. The number of aromatic nitrogens is 2. The van der Waals surface area contributed by atoms with Crippen molar-refractivity contribution in [3.8, 4) is 0 Å². The van der Waals surface area contributed by atoms with Crippen molar-refractivity contribution in [1.82, 2.24) is 24.1 Å². The van der Waals surface area contributed by atoms with Gasteiger partial charge in [0, 0.05) is 57.7 Å². The maximum atomic E-state index is 13.1. The number of nitrogens with zero attached hydrogens (tertiary/aromatic N) is 5. The summed E-state index contributed by atoms with van der Waals surface area (Å²) in [5.41, 5.74) is 2.13. The monoisotopic (exact) mass is 395 g/mol. The lowest BCUT2D eigenvalue weighted by Crippen LogP contribution is -2.54. The molecule has 1 saturated carbocycles. The highest BCUT2D eigenvalue weighted by molar-refractivity contribution is 5.78. The topological polar surface area (TPSA) is 44.1 Å². The molecule has 6 nitrogen and oxygen atoms in total. The Hall–Kier alpha value is -1.92. The van der Waals surface area contributed by atoms with Crippen LogP contribution in [0, 0.1) is 5.92 Å². The summed E-state index contributed by atoms with van der Waals surface area (Å²) in [5.74, 6) is 1.14. The first-order chi connectivity index (χ1) is 14.3. The van der Waals surface area contributed by atoms with Crippen molar-refractivity contribution in [3.63, 3.8) is 0 Å². The number of likely N-dealkylation sites (tertiary alicyclic amines) is 1. The Kier molecular flexibility index (Phi) is 5.55. The molecule has 2 unspecified atom stereocenters. The Bertz CT molecular complexity index is 806. The Morgan fingerprint density at radius 3 is 2.62 bits per heavy atom. The zero-order chi connectivity index (χ0) is 19.6. The molecule has 156 valence electrons. The molecule has 0 bridgehead atoms. The number of piperazine rings is 1. The highest BCUT2D eigenvalue weighted by Crippen LogP contribution is 2.35. The number of carbonyl (C=O) groups is 1. The zero-order valence-electron chi connectivity index (χ0n) is 17.4. The summed E-state index contributed by atoms with van der Waals surface area (Å²) in [4.78, 5) is 24.8. The normalized spacial score (nSPS) is 26.6. The van der Waals surface area contributed by atoms with Gasteiger partial charge in [-0.1, -0.05) is 18.9 Å². The van der Waals surface area contributed by atoms with E-state index in [2.05, 4.69) is 25.3 Å². The molecule has 1 aliphatic carbocycles. The van der Waals surface area contributed by atoms with Gasteiger partial charge in [0.2, 0.25) is 5.91 Å². The molecule has 5 rings (SSSR count). The van der Waals surface area contributed by atoms with E-state index < -0.39 is 0 Å². The minimum absolute atomic E-state index is 0.371. The third kappa shape index (κ3) is 4.19. The van der Waals surface area contributed by atoms with Crippen LogP contribution in [0.3, 0.4) is 0 Å². The number of amides is 1. The molecule has 2 atom stereocenters. The van der Waals surface area contributed by atoms with Gasteiger partial charge in [-0.25, -0.2) is 4.98 Å². The first-order valence-electron chi connectivity index (χ1n) is 11.4. The Balaban J connectivity index is 1.12. The third-order valence-corrected chi connectivity index (χ3v) is 7.19. The second kappa shape index (κ2) is 8.44. The van der Waals surface area contributed by atoms with E-state index in [9.17, 15) is 4.79 Å². The summed E-state index contributed by atoms with van der Waals surface area (Å²) in [6.45, 7) is 6.43. The van der Waals surface area contributed by atoms with Gasteiger partial charge in [0.15, 0.2) is 0 Å². The predicted molar refractivity (Wildman–Crippen MR) is 114 cm³/mol.